The lowest BCUT2D eigenvalue weighted by molar-refractivity contribution is -0.140. The molecule has 0 aromatic heterocycles. The lowest BCUT2D eigenvalue weighted by Gasteiger charge is -2.22. The van der Waals surface area contributed by atoms with Gasteiger partial charge in [0.2, 0.25) is 0 Å². The maximum absolute atomic E-state index is 11.3. The molecule has 0 aliphatic carbocycles. The second-order valence-corrected chi connectivity index (χ2v) is 4.19. The van der Waals surface area contributed by atoms with Crippen molar-refractivity contribution in [1.82, 2.24) is 0 Å². The van der Waals surface area contributed by atoms with Gasteiger partial charge in [0.05, 0.1) is 5.92 Å². The summed E-state index contributed by atoms with van der Waals surface area (Å²) in [5, 5.41) is 18.5. The number of nitrogens with two attached hydrogens (primary N) is 1. The largest absolute Gasteiger partial charge is 0.508 e. The van der Waals surface area contributed by atoms with Crippen LogP contribution in [-0.2, 0) is 4.79 Å². The van der Waals surface area contributed by atoms with Crippen LogP contribution in [0.5, 0.6) is 5.75 Å². The molecule has 1 aromatic rings. The molecule has 0 aliphatic heterocycles. The summed E-state index contributed by atoms with van der Waals surface area (Å²) < 4.78 is 0. The number of rotatable bonds is 6. The van der Waals surface area contributed by atoms with E-state index >= 15 is 0 Å². The molecular formula is C13H19NO3. The Hall–Kier alpha value is -1.55. The molecular weight excluding hydrogens is 218 g/mol. The molecule has 1 aromatic carbocycles. The molecule has 0 saturated heterocycles. The first-order valence-electron chi connectivity index (χ1n) is 5.82. The van der Waals surface area contributed by atoms with E-state index in [1.165, 1.54) is 12.1 Å². The molecule has 0 saturated carbocycles. The number of phenols is 1. The minimum atomic E-state index is -0.861. The molecule has 0 heterocycles. The SMILES string of the molecule is CCC[C@@H](CN)[C@H](C(=O)O)c1ccc(O)cc1. The topological polar surface area (TPSA) is 83.6 Å². The highest BCUT2D eigenvalue weighted by Gasteiger charge is 2.28. The highest BCUT2D eigenvalue weighted by molar-refractivity contribution is 5.76. The molecule has 0 unspecified atom stereocenters. The van der Waals surface area contributed by atoms with Crippen LogP contribution in [0.4, 0.5) is 0 Å². The molecule has 0 fully saturated rings. The summed E-state index contributed by atoms with van der Waals surface area (Å²) >= 11 is 0. The zero-order valence-electron chi connectivity index (χ0n) is 9.97. The first-order valence-corrected chi connectivity index (χ1v) is 5.82. The van der Waals surface area contributed by atoms with E-state index in [1.54, 1.807) is 12.1 Å². The van der Waals surface area contributed by atoms with Crippen molar-refractivity contribution in [2.45, 2.75) is 25.7 Å². The fourth-order valence-electron chi connectivity index (χ4n) is 2.09. The van der Waals surface area contributed by atoms with Gasteiger partial charge in [0, 0.05) is 0 Å². The number of hydrogen-bond acceptors (Lipinski definition) is 3. The van der Waals surface area contributed by atoms with Gasteiger partial charge in [-0.2, -0.15) is 0 Å². The Morgan fingerprint density at radius 1 is 1.35 bits per heavy atom. The van der Waals surface area contributed by atoms with E-state index in [-0.39, 0.29) is 11.7 Å². The van der Waals surface area contributed by atoms with Crippen molar-refractivity contribution in [3.8, 4) is 5.75 Å². The summed E-state index contributed by atoms with van der Waals surface area (Å²) in [5.41, 5.74) is 6.35. The number of benzene rings is 1. The van der Waals surface area contributed by atoms with Gasteiger partial charge >= 0.3 is 5.97 Å². The van der Waals surface area contributed by atoms with Crippen molar-refractivity contribution < 1.29 is 15.0 Å². The highest BCUT2D eigenvalue weighted by Crippen LogP contribution is 2.29. The minimum Gasteiger partial charge on any atom is -0.508 e. The van der Waals surface area contributed by atoms with E-state index in [2.05, 4.69) is 0 Å². The molecule has 0 aliphatic rings. The van der Waals surface area contributed by atoms with Gasteiger partial charge in [-0.25, -0.2) is 0 Å². The van der Waals surface area contributed by atoms with Crippen LogP contribution < -0.4 is 5.73 Å². The highest BCUT2D eigenvalue weighted by atomic mass is 16.4. The number of phenolic OH excluding ortho intramolecular Hbond substituents is 1. The lowest BCUT2D eigenvalue weighted by Crippen LogP contribution is -2.27. The molecule has 1 rings (SSSR count). The van der Waals surface area contributed by atoms with Gasteiger partial charge in [0.1, 0.15) is 5.75 Å². The summed E-state index contributed by atoms with van der Waals surface area (Å²) in [5.74, 6) is -1.39. The Balaban J connectivity index is 2.99. The number of carbonyl (C=O) groups is 1. The van der Waals surface area contributed by atoms with Crippen molar-refractivity contribution in [1.29, 1.82) is 0 Å². The van der Waals surface area contributed by atoms with Gasteiger partial charge in [-0.3, -0.25) is 4.79 Å². The number of carboxylic acid groups (broad SMARTS) is 1. The van der Waals surface area contributed by atoms with Crippen molar-refractivity contribution in [3.63, 3.8) is 0 Å². The molecule has 2 atom stereocenters. The molecule has 4 heteroatoms. The maximum Gasteiger partial charge on any atom is 0.311 e. The van der Waals surface area contributed by atoms with Crippen LogP contribution in [0.3, 0.4) is 0 Å². The molecule has 17 heavy (non-hydrogen) atoms. The van der Waals surface area contributed by atoms with E-state index in [4.69, 9.17) is 5.73 Å². The van der Waals surface area contributed by atoms with Crippen LogP contribution in [0.25, 0.3) is 0 Å². The van der Waals surface area contributed by atoms with Crippen LogP contribution in [0.1, 0.15) is 31.2 Å². The second kappa shape index (κ2) is 6.25. The summed E-state index contributed by atoms with van der Waals surface area (Å²) in [6.07, 6.45) is 1.69. The quantitative estimate of drug-likeness (QED) is 0.706. The first kappa shape index (κ1) is 13.5. The monoisotopic (exact) mass is 237 g/mol. The van der Waals surface area contributed by atoms with Gasteiger partial charge in [-0.15, -0.1) is 0 Å². The molecule has 0 radical (unpaired) electrons. The lowest BCUT2D eigenvalue weighted by atomic mass is 9.83. The Kier molecular flexibility index (Phi) is 4.97. The summed E-state index contributed by atoms with van der Waals surface area (Å²) in [6, 6.07) is 6.30. The zero-order chi connectivity index (χ0) is 12.8. The van der Waals surface area contributed by atoms with Crippen molar-refractivity contribution in [2.24, 2.45) is 11.7 Å². The van der Waals surface area contributed by atoms with Crippen molar-refractivity contribution in [2.75, 3.05) is 6.54 Å². The summed E-state index contributed by atoms with van der Waals surface area (Å²) in [7, 11) is 0. The Morgan fingerprint density at radius 2 is 1.94 bits per heavy atom. The minimum absolute atomic E-state index is 0.0676. The van der Waals surface area contributed by atoms with Crippen LogP contribution in [0, 0.1) is 5.92 Å². The molecule has 0 bridgehead atoms. The number of aromatic hydroxyl groups is 1. The summed E-state index contributed by atoms with van der Waals surface area (Å²) in [4.78, 5) is 11.3. The molecule has 4 N–H and O–H groups in total. The van der Waals surface area contributed by atoms with Gasteiger partial charge in [0.15, 0.2) is 0 Å². The molecule has 94 valence electrons. The Labute approximate surface area is 101 Å². The van der Waals surface area contributed by atoms with E-state index < -0.39 is 11.9 Å². The number of aliphatic carboxylic acids is 1. The van der Waals surface area contributed by atoms with Gasteiger partial charge in [-0.05, 0) is 36.6 Å². The van der Waals surface area contributed by atoms with Crippen LogP contribution in [-0.4, -0.2) is 22.7 Å². The Morgan fingerprint density at radius 3 is 2.35 bits per heavy atom. The van der Waals surface area contributed by atoms with E-state index in [0.29, 0.717) is 12.1 Å². The summed E-state index contributed by atoms with van der Waals surface area (Å²) in [6.45, 7) is 2.37. The molecule has 0 amide bonds. The third-order valence-electron chi connectivity index (χ3n) is 2.95. The predicted octanol–water partition coefficient (Wildman–Crippen LogP) is 1.94. The number of hydrogen-bond donors (Lipinski definition) is 3. The fraction of sp³-hybridized carbons (Fsp3) is 0.462. The van der Waals surface area contributed by atoms with Crippen LogP contribution in [0.2, 0.25) is 0 Å². The smallest absolute Gasteiger partial charge is 0.311 e. The van der Waals surface area contributed by atoms with E-state index in [0.717, 1.165) is 12.8 Å². The fourth-order valence-corrected chi connectivity index (χ4v) is 2.09. The predicted molar refractivity (Wildman–Crippen MR) is 65.9 cm³/mol. The standard InChI is InChI=1S/C13H19NO3/c1-2-3-10(8-14)12(13(16)17)9-4-6-11(15)7-5-9/h4-7,10,12,15H,2-3,8,14H2,1H3,(H,16,17)/t10-,12+/m0/s1. The third kappa shape index (κ3) is 3.46. The molecule has 4 nitrogen and oxygen atoms in total. The van der Waals surface area contributed by atoms with Crippen molar-refractivity contribution >= 4 is 5.97 Å². The van der Waals surface area contributed by atoms with Crippen LogP contribution >= 0.6 is 0 Å². The number of carboxylic acids is 1. The third-order valence-corrected chi connectivity index (χ3v) is 2.95. The normalized spacial score (nSPS) is 14.2. The first-order chi connectivity index (χ1) is 8.10. The zero-order valence-corrected chi connectivity index (χ0v) is 9.97. The maximum atomic E-state index is 11.3. The van der Waals surface area contributed by atoms with Gasteiger partial charge in [0.25, 0.3) is 0 Å². The van der Waals surface area contributed by atoms with Gasteiger partial charge < -0.3 is 15.9 Å². The van der Waals surface area contributed by atoms with Crippen LogP contribution in [0.15, 0.2) is 24.3 Å². The second-order valence-electron chi connectivity index (χ2n) is 4.19. The average molecular weight is 237 g/mol. The van der Waals surface area contributed by atoms with Crippen molar-refractivity contribution in [3.05, 3.63) is 29.8 Å². The van der Waals surface area contributed by atoms with Gasteiger partial charge in [-0.1, -0.05) is 25.5 Å². The van der Waals surface area contributed by atoms with E-state index in [9.17, 15) is 15.0 Å². The molecule has 0 spiro atoms. The average Bonchev–Trinajstić information content (AvgIpc) is 2.30. The Bertz CT molecular complexity index is 361. The van der Waals surface area contributed by atoms with E-state index in [1.807, 2.05) is 6.92 Å².